The van der Waals surface area contributed by atoms with Gasteiger partial charge < -0.3 is 15.4 Å². The molecule has 3 aromatic rings. The van der Waals surface area contributed by atoms with Crippen molar-refractivity contribution in [3.05, 3.63) is 82.7 Å². The number of amides is 1. The Bertz CT molecular complexity index is 1220. The number of piperidine rings is 1. The third-order valence-electron chi connectivity index (χ3n) is 6.29. The first-order valence-corrected chi connectivity index (χ1v) is 11.7. The van der Waals surface area contributed by atoms with Gasteiger partial charge in [0, 0.05) is 38.5 Å². The molecule has 0 atom stereocenters. The van der Waals surface area contributed by atoms with E-state index < -0.39 is 11.9 Å². The van der Waals surface area contributed by atoms with Crippen molar-refractivity contribution in [3.8, 4) is 5.75 Å². The highest BCUT2D eigenvalue weighted by Crippen LogP contribution is 2.28. The standard InChI is InChI=1S/C27H29FN4O3/c1-17-26(35-18(2)33)25(27(29)34)31-24(30-17)15-20-10-12-32(13-11-20)22-9-8-21(23(28)16-22)14-19-6-4-3-5-7-19/h3-9,16,20H,10-15H2,1-2H3,(H2,29,34). The van der Waals surface area contributed by atoms with E-state index in [0.29, 0.717) is 35.8 Å². The highest BCUT2D eigenvalue weighted by Gasteiger charge is 2.24. The minimum atomic E-state index is -0.763. The quantitative estimate of drug-likeness (QED) is 0.518. The van der Waals surface area contributed by atoms with Crippen molar-refractivity contribution >= 4 is 17.6 Å². The molecule has 182 valence electrons. The lowest BCUT2D eigenvalue weighted by Gasteiger charge is -2.33. The smallest absolute Gasteiger partial charge is 0.308 e. The zero-order valence-corrected chi connectivity index (χ0v) is 20.0. The van der Waals surface area contributed by atoms with Gasteiger partial charge in [0.2, 0.25) is 0 Å². The molecule has 4 rings (SSSR count). The molecule has 8 heteroatoms. The molecule has 2 N–H and O–H groups in total. The van der Waals surface area contributed by atoms with Crippen molar-refractivity contribution in [1.29, 1.82) is 0 Å². The summed E-state index contributed by atoms with van der Waals surface area (Å²) in [5, 5.41) is 0. The van der Waals surface area contributed by atoms with E-state index in [1.54, 1.807) is 13.0 Å². The normalized spacial score (nSPS) is 14.1. The van der Waals surface area contributed by atoms with Crippen LogP contribution in [0, 0.1) is 18.7 Å². The number of hydrogen-bond donors (Lipinski definition) is 1. The number of aromatic nitrogens is 2. The average molecular weight is 477 g/mol. The summed E-state index contributed by atoms with van der Waals surface area (Å²) in [5.74, 6) is -0.690. The monoisotopic (exact) mass is 476 g/mol. The van der Waals surface area contributed by atoms with Crippen LogP contribution in [0.4, 0.5) is 10.1 Å². The number of anilines is 1. The van der Waals surface area contributed by atoms with Crippen LogP contribution in [0.5, 0.6) is 5.75 Å². The van der Waals surface area contributed by atoms with Gasteiger partial charge in [-0.3, -0.25) is 9.59 Å². The summed E-state index contributed by atoms with van der Waals surface area (Å²) in [7, 11) is 0. The predicted molar refractivity (Wildman–Crippen MR) is 131 cm³/mol. The third-order valence-corrected chi connectivity index (χ3v) is 6.29. The van der Waals surface area contributed by atoms with Crippen LogP contribution in [0.15, 0.2) is 48.5 Å². The first-order chi connectivity index (χ1) is 16.8. The van der Waals surface area contributed by atoms with Crippen LogP contribution in [-0.4, -0.2) is 34.9 Å². The second-order valence-corrected chi connectivity index (χ2v) is 8.93. The summed E-state index contributed by atoms with van der Waals surface area (Å²) in [4.78, 5) is 34.1. The molecule has 35 heavy (non-hydrogen) atoms. The van der Waals surface area contributed by atoms with Gasteiger partial charge in [0.05, 0.1) is 5.69 Å². The van der Waals surface area contributed by atoms with Crippen molar-refractivity contribution in [3.63, 3.8) is 0 Å². The van der Waals surface area contributed by atoms with E-state index in [-0.39, 0.29) is 17.3 Å². The van der Waals surface area contributed by atoms with E-state index in [1.165, 1.54) is 6.92 Å². The molecule has 0 unspecified atom stereocenters. The topological polar surface area (TPSA) is 98.4 Å². The lowest BCUT2D eigenvalue weighted by molar-refractivity contribution is -0.132. The molecular formula is C27H29FN4O3. The Morgan fingerprint density at radius 1 is 1.11 bits per heavy atom. The molecule has 2 heterocycles. The van der Waals surface area contributed by atoms with Crippen LogP contribution in [0.1, 0.15) is 52.9 Å². The summed E-state index contributed by atoms with van der Waals surface area (Å²) < 4.78 is 19.9. The largest absolute Gasteiger partial charge is 0.422 e. The second-order valence-electron chi connectivity index (χ2n) is 8.93. The van der Waals surface area contributed by atoms with Crippen LogP contribution in [-0.2, 0) is 17.6 Å². The van der Waals surface area contributed by atoms with Crippen LogP contribution < -0.4 is 15.4 Å². The fourth-order valence-corrected chi connectivity index (χ4v) is 4.49. The Kier molecular flexibility index (Phi) is 7.39. The Labute approximate surface area is 204 Å². The molecule has 1 aliphatic heterocycles. The molecule has 0 spiro atoms. The van der Waals surface area contributed by atoms with Gasteiger partial charge in [0.1, 0.15) is 11.6 Å². The van der Waals surface area contributed by atoms with Crippen LogP contribution >= 0.6 is 0 Å². The summed E-state index contributed by atoms with van der Waals surface area (Å²) in [5.41, 5.74) is 8.43. The fourth-order valence-electron chi connectivity index (χ4n) is 4.49. The Morgan fingerprint density at radius 2 is 1.83 bits per heavy atom. The number of hydrogen-bond acceptors (Lipinski definition) is 6. The van der Waals surface area contributed by atoms with Gasteiger partial charge in [-0.2, -0.15) is 0 Å². The number of aryl methyl sites for hydroxylation is 1. The van der Waals surface area contributed by atoms with Gasteiger partial charge in [0.25, 0.3) is 5.91 Å². The van der Waals surface area contributed by atoms with Crippen molar-refractivity contribution < 1.29 is 18.7 Å². The molecule has 1 aromatic heterocycles. The Balaban J connectivity index is 1.39. The van der Waals surface area contributed by atoms with Crippen LogP contribution in [0.25, 0.3) is 0 Å². The van der Waals surface area contributed by atoms with Gasteiger partial charge in [-0.15, -0.1) is 0 Å². The van der Waals surface area contributed by atoms with Gasteiger partial charge in [0.15, 0.2) is 11.4 Å². The molecule has 1 fully saturated rings. The number of carbonyl (C=O) groups is 2. The highest BCUT2D eigenvalue weighted by molar-refractivity contribution is 5.94. The number of primary amides is 1. The van der Waals surface area contributed by atoms with Gasteiger partial charge in [-0.25, -0.2) is 14.4 Å². The molecule has 2 aromatic carbocycles. The average Bonchev–Trinajstić information content (AvgIpc) is 2.83. The van der Waals surface area contributed by atoms with Crippen molar-refractivity contribution in [2.75, 3.05) is 18.0 Å². The van der Waals surface area contributed by atoms with Gasteiger partial charge >= 0.3 is 5.97 Å². The maximum atomic E-state index is 14.8. The number of rotatable bonds is 7. The number of ether oxygens (including phenoxy) is 1. The second kappa shape index (κ2) is 10.6. The number of halogens is 1. The van der Waals surface area contributed by atoms with E-state index in [9.17, 15) is 14.0 Å². The third kappa shape index (κ3) is 6.01. The van der Waals surface area contributed by atoms with E-state index in [4.69, 9.17) is 10.5 Å². The highest BCUT2D eigenvalue weighted by atomic mass is 19.1. The minimum Gasteiger partial charge on any atom is -0.422 e. The van der Waals surface area contributed by atoms with E-state index in [0.717, 1.165) is 37.2 Å². The molecule has 0 aliphatic carbocycles. The summed E-state index contributed by atoms with van der Waals surface area (Å²) in [6.07, 6.45) is 2.92. The first kappa shape index (κ1) is 24.3. The van der Waals surface area contributed by atoms with E-state index in [2.05, 4.69) is 14.9 Å². The maximum absolute atomic E-state index is 14.8. The number of carbonyl (C=O) groups excluding carboxylic acids is 2. The molecule has 0 saturated carbocycles. The number of nitrogens with zero attached hydrogens (tertiary/aromatic N) is 3. The molecule has 7 nitrogen and oxygen atoms in total. The van der Waals surface area contributed by atoms with E-state index in [1.807, 2.05) is 42.5 Å². The molecule has 1 amide bonds. The SMILES string of the molecule is CC(=O)Oc1c(C)nc(CC2CCN(c3ccc(Cc4ccccc4)c(F)c3)CC2)nc1C(N)=O. The lowest BCUT2D eigenvalue weighted by Crippen LogP contribution is -2.34. The zero-order valence-electron chi connectivity index (χ0n) is 20.0. The number of benzene rings is 2. The number of nitrogens with two attached hydrogens (primary N) is 1. The molecule has 0 bridgehead atoms. The van der Waals surface area contributed by atoms with Crippen molar-refractivity contribution in [1.82, 2.24) is 9.97 Å². The molecule has 0 radical (unpaired) electrons. The molecule has 1 aliphatic rings. The number of esters is 1. The maximum Gasteiger partial charge on any atom is 0.308 e. The first-order valence-electron chi connectivity index (χ1n) is 11.7. The fraction of sp³-hybridized carbons (Fsp3) is 0.333. The molecule has 1 saturated heterocycles. The predicted octanol–water partition coefficient (Wildman–Crippen LogP) is 4.00. The van der Waals surface area contributed by atoms with Crippen LogP contribution in [0.2, 0.25) is 0 Å². The van der Waals surface area contributed by atoms with Gasteiger partial charge in [-0.1, -0.05) is 36.4 Å². The van der Waals surface area contributed by atoms with E-state index >= 15 is 0 Å². The van der Waals surface area contributed by atoms with Crippen molar-refractivity contribution in [2.45, 2.75) is 39.5 Å². The lowest BCUT2D eigenvalue weighted by atomic mass is 9.92. The van der Waals surface area contributed by atoms with Crippen molar-refractivity contribution in [2.24, 2.45) is 11.7 Å². The summed E-state index contributed by atoms with van der Waals surface area (Å²) in [6.45, 7) is 4.48. The summed E-state index contributed by atoms with van der Waals surface area (Å²) >= 11 is 0. The Morgan fingerprint density at radius 3 is 2.46 bits per heavy atom. The van der Waals surface area contributed by atoms with Crippen LogP contribution in [0.3, 0.4) is 0 Å². The Hall–Kier alpha value is -3.81. The molecular weight excluding hydrogens is 447 g/mol. The van der Waals surface area contributed by atoms with Gasteiger partial charge in [-0.05, 0) is 48.9 Å². The minimum absolute atomic E-state index is 0.0151. The summed E-state index contributed by atoms with van der Waals surface area (Å²) in [6, 6.07) is 15.4. The zero-order chi connectivity index (χ0) is 24.9.